The SMILES string of the molecule is Cc1cc(NS(=O)(=O)c2cc(CO)ccc2Br)ccc1F. The van der Waals surface area contributed by atoms with Crippen LogP contribution in [0.4, 0.5) is 10.1 Å². The molecule has 21 heavy (non-hydrogen) atoms. The molecule has 0 saturated carbocycles. The Labute approximate surface area is 130 Å². The quantitative estimate of drug-likeness (QED) is 0.864. The van der Waals surface area contributed by atoms with Gasteiger partial charge >= 0.3 is 0 Å². The molecular formula is C14H13BrFNO3S. The Balaban J connectivity index is 2.40. The van der Waals surface area contributed by atoms with Crippen molar-refractivity contribution in [3.8, 4) is 0 Å². The molecule has 2 aromatic carbocycles. The highest BCUT2D eigenvalue weighted by molar-refractivity contribution is 9.10. The molecule has 0 bridgehead atoms. The molecule has 0 fully saturated rings. The van der Waals surface area contributed by atoms with E-state index < -0.39 is 15.8 Å². The van der Waals surface area contributed by atoms with E-state index in [1.165, 1.54) is 24.3 Å². The maximum Gasteiger partial charge on any atom is 0.263 e. The summed E-state index contributed by atoms with van der Waals surface area (Å²) in [6, 6.07) is 8.51. The summed E-state index contributed by atoms with van der Waals surface area (Å²) in [5.74, 6) is -0.401. The number of benzene rings is 2. The molecule has 0 spiro atoms. The molecule has 0 amide bonds. The van der Waals surface area contributed by atoms with Crippen LogP contribution in [0.25, 0.3) is 0 Å². The molecule has 2 N–H and O–H groups in total. The molecule has 0 aliphatic carbocycles. The third-order valence-corrected chi connectivity index (χ3v) is 5.25. The predicted octanol–water partition coefficient (Wildman–Crippen LogP) is 3.19. The molecule has 0 saturated heterocycles. The van der Waals surface area contributed by atoms with Gasteiger partial charge in [0.2, 0.25) is 0 Å². The van der Waals surface area contributed by atoms with Crippen LogP contribution in [0.15, 0.2) is 45.8 Å². The first-order chi connectivity index (χ1) is 9.83. The average molecular weight is 374 g/mol. The molecule has 0 unspecified atom stereocenters. The first-order valence-electron chi connectivity index (χ1n) is 6.02. The van der Waals surface area contributed by atoms with Gasteiger partial charge in [-0.05, 0) is 64.3 Å². The predicted molar refractivity (Wildman–Crippen MR) is 82.0 cm³/mol. The smallest absolute Gasteiger partial charge is 0.263 e. The molecule has 112 valence electrons. The van der Waals surface area contributed by atoms with E-state index in [4.69, 9.17) is 5.11 Å². The third kappa shape index (κ3) is 3.61. The van der Waals surface area contributed by atoms with E-state index in [-0.39, 0.29) is 17.2 Å². The van der Waals surface area contributed by atoms with Gasteiger partial charge in [0.05, 0.1) is 6.61 Å². The molecule has 0 aromatic heterocycles. The number of hydrogen-bond donors (Lipinski definition) is 2. The number of aliphatic hydroxyl groups is 1. The van der Waals surface area contributed by atoms with E-state index >= 15 is 0 Å². The van der Waals surface area contributed by atoms with Crippen LogP contribution in [0.5, 0.6) is 0 Å². The second kappa shape index (κ2) is 6.13. The van der Waals surface area contributed by atoms with Gasteiger partial charge in [0.25, 0.3) is 10.0 Å². The summed E-state index contributed by atoms with van der Waals surface area (Å²) in [7, 11) is -3.84. The fourth-order valence-electron chi connectivity index (χ4n) is 1.77. The standard InChI is InChI=1S/C14H13BrFNO3S/c1-9-6-11(3-5-13(9)16)17-21(19,20)14-7-10(8-18)2-4-12(14)15/h2-7,17-18H,8H2,1H3. The molecule has 7 heteroatoms. The van der Waals surface area contributed by atoms with E-state index in [2.05, 4.69) is 20.7 Å². The van der Waals surface area contributed by atoms with Crippen molar-refractivity contribution >= 4 is 31.6 Å². The van der Waals surface area contributed by atoms with Gasteiger partial charge in [-0.1, -0.05) is 6.07 Å². The molecule has 0 radical (unpaired) electrons. The number of sulfonamides is 1. The number of aryl methyl sites for hydroxylation is 1. The van der Waals surface area contributed by atoms with E-state index in [1.54, 1.807) is 19.1 Å². The number of rotatable bonds is 4. The van der Waals surface area contributed by atoms with Crippen LogP contribution < -0.4 is 4.72 Å². The Morgan fingerprint density at radius 2 is 1.95 bits per heavy atom. The summed E-state index contributed by atoms with van der Waals surface area (Å²) in [6.07, 6.45) is 0. The maximum absolute atomic E-state index is 13.2. The Bertz CT molecular complexity index is 778. The Hall–Kier alpha value is -1.44. The summed E-state index contributed by atoms with van der Waals surface area (Å²) in [5, 5.41) is 9.10. The summed E-state index contributed by atoms with van der Waals surface area (Å²) in [4.78, 5) is 0.0102. The lowest BCUT2D eigenvalue weighted by Crippen LogP contribution is -2.14. The fraction of sp³-hybridized carbons (Fsp3) is 0.143. The molecule has 0 atom stereocenters. The maximum atomic E-state index is 13.2. The minimum absolute atomic E-state index is 0.0102. The van der Waals surface area contributed by atoms with Crippen molar-refractivity contribution in [2.75, 3.05) is 4.72 Å². The zero-order valence-electron chi connectivity index (χ0n) is 11.1. The number of aliphatic hydroxyl groups excluding tert-OH is 1. The summed E-state index contributed by atoms with van der Waals surface area (Å²) < 4.78 is 40.7. The lowest BCUT2D eigenvalue weighted by atomic mass is 10.2. The molecule has 2 aromatic rings. The number of anilines is 1. The van der Waals surface area contributed by atoms with E-state index in [0.29, 0.717) is 15.6 Å². The van der Waals surface area contributed by atoms with Crippen LogP contribution in [0.3, 0.4) is 0 Å². The Kier molecular flexibility index (Phi) is 4.65. The van der Waals surface area contributed by atoms with Crippen molar-refractivity contribution in [2.45, 2.75) is 18.4 Å². The van der Waals surface area contributed by atoms with Crippen molar-refractivity contribution < 1.29 is 17.9 Å². The lowest BCUT2D eigenvalue weighted by Gasteiger charge is -2.11. The van der Waals surface area contributed by atoms with Crippen molar-refractivity contribution in [3.05, 3.63) is 57.8 Å². The molecule has 0 heterocycles. The average Bonchev–Trinajstić information content (AvgIpc) is 2.43. The fourth-order valence-corrected chi connectivity index (χ4v) is 3.83. The summed E-state index contributed by atoms with van der Waals surface area (Å²) in [5.41, 5.74) is 1.10. The van der Waals surface area contributed by atoms with Gasteiger partial charge < -0.3 is 5.11 Å². The molecular weight excluding hydrogens is 361 g/mol. The monoisotopic (exact) mass is 373 g/mol. The highest BCUT2D eigenvalue weighted by Gasteiger charge is 2.18. The molecule has 4 nitrogen and oxygen atoms in total. The van der Waals surface area contributed by atoms with Crippen LogP contribution in [0.2, 0.25) is 0 Å². The van der Waals surface area contributed by atoms with Gasteiger partial charge in [-0.25, -0.2) is 12.8 Å². The minimum Gasteiger partial charge on any atom is -0.392 e. The van der Waals surface area contributed by atoms with Gasteiger partial charge in [-0.2, -0.15) is 0 Å². The molecule has 2 rings (SSSR count). The number of hydrogen-bond acceptors (Lipinski definition) is 3. The Morgan fingerprint density at radius 3 is 2.57 bits per heavy atom. The van der Waals surface area contributed by atoms with Crippen molar-refractivity contribution in [2.24, 2.45) is 0 Å². The number of nitrogens with one attached hydrogen (secondary N) is 1. The first kappa shape index (κ1) is 15.9. The minimum atomic E-state index is -3.84. The van der Waals surface area contributed by atoms with E-state index in [0.717, 1.165) is 0 Å². The van der Waals surface area contributed by atoms with Gasteiger partial charge in [0.1, 0.15) is 10.7 Å². The second-order valence-electron chi connectivity index (χ2n) is 4.49. The van der Waals surface area contributed by atoms with Gasteiger partial charge in [-0.15, -0.1) is 0 Å². The highest BCUT2D eigenvalue weighted by Crippen LogP contribution is 2.26. The van der Waals surface area contributed by atoms with Crippen molar-refractivity contribution in [3.63, 3.8) is 0 Å². The van der Waals surface area contributed by atoms with Gasteiger partial charge in [-0.3, -0.25) is 4.72 Å². The first-order valence-corrected chi connectivity index (χ1v) is 8.29. The van der Waals surface area contributed by atoms with Gasteiger partial charge in [0, 0.05) is 10.2 Å². The van der Waals surface area contributed by atoms with Crippen LogP contribution in [0.1, 0.15) is 11.1 Å². The normalized spacial score (nSPS) is 11.4. The summed E-state index contributed by atoms with van der Waals surface area (Å²) >= 11 is 3.17. The lowest BCUT2D eigenvalue weighted by molar-refractivity contribution is 0.281. The Morgan fingerprint density at radius 1 is 1.24 bits per heavy atom. The molecule has 0 aliphatic rings. The van der Waals surface area contributed by atoms with Crippen LogP contribution in [0, 0.1) is 12.7 Å². The topological polar surface area (TPSA) is 66.4 Å². The van der Waals surface area contributed by atoms with Crippen molar-refractivity contribution in [1.29, 1.82) is 0 Å². The zero-order valence-corrected chi connectivity index (χ0v) is 13.5. The van der Waals surface area contributed by atoms with Crippen molar-refractivity contribution in [1.82, 2.24) is 0 Å². The second-order valence-corrected chi connectivity index (χ2v) is 7.00. The zero-order chi connectivity index (χ0) is 15.6. The molecule has 0 aliphatic heterocycles. The van der Waals surface area contributed by atoms with Gasteiger partial charge in [0.15, 0.2) is 0 Å². The van der Waals surface area contributed by atoms with Crippen LogP contribution >= 0.6 is 15.9 Å². The van der Waals surface area contributed by atoms with E-state index in [1.807, 2.05) is 0 Å². The number of halogens is 2. The third-order valence-electron chi connectivity index (χ3n) is 2.88. The summed E-state index contributed by atoms with van der Waals surface area (Å²) in [6.45, 7) is 1.29. The highest BCUT2D eigenvalue weighted by atomic mass is 79.9. The van der Waals surface area contributed by atoms with Crippen LogP contribution in [-0.2, 0) is 16.6 Å². The largest absolute Gasteiger partial charge is 0.392 e. The van der Waals surface area contributed by atoms with E-state index in [9.17, 15) is 12.8 Å². The van der Waals surface area contributed by atoms with Crippen LogP contribution in [-0.4, -0.2) is 13.5 Å².